The third-order valence-electron chi connectivity index (χ3n) is 6.42. The molecule has 2 aliphatic heterocycles. The predicted octanol–water partition coefficient (Wildman–Crippen LogP) is 2.33. The van der Waals surface area contributed by atoms with E-state index in [0.29, 0.717) is 29.1 Å². The molecular weight excluding hydrogens is 412 g/mol. The lowest BCUT2D eigenvalue weighted by molar-refractivity contribution is -0.172. The largest absolute Gasteiger partial charge is 0.508 e. The van der Waals surface area contributed by atoms with Crippen molar-refractivity contribution in [1.82, 2.24) is 9.55 Å². The summed E-state index contributed by atoms with van der Waals surface area (Å²) in [4.78, 5) is 30.6. The van der Waals surface area contributed by atoms with Crippen LogP contribution in [0.5, 0.6) is 5.75 Å². The van der Waals surface area contributed by atoms with Crippen molar-refractivity contribution in [3.63, 3.8) is 0 Å². The van der Waals surface area contributed by atoms with Crippen LogP contribution >= 0.6 is 0 Å². The number of carbonyl (C=O) groups excluding carboxylic acids is 1. The van der Waals surface area contributed by atoms with Crippen molar-refractivity contribution < 1.29 is 19.7 Å². The zero-order valence-electron chi connectivity index (χ0n) is 17.9. The first kappa shape index (κ1) is 20.0. The summed E-state index contributed by atoms with van der Waals surface area (Å²) in [6.07, 6.45) is 0.110. The second-order valence-corrected chi connectivity index (χ2v) is 14.4. The lowest BCUT2D eigenvalue weighted by Crippen LogP contribution is -2.44. The minimum absolute atomic E-state index is 0.110. The summed E-state index contributed by atoms with van der Waals surface area (Å²) in [6, 6.07) is 6.87. The summed E-state index contributed by atoms with van der Waals surface area (Å²) in [5.41, 5.74) is 1.56. The maximum Gasteiger partial charge on any atom is 0.343 e. The van der Waals surface area contributed by atoms with Crippen molar-refractivity contribution in [2.24, 2.45) is 0 Å². The van der Waals surface area contributed by atoms with E-state index in [0.717, 1.165) is 21.7 Å². The number of hydrogen-bond acceptors (Lipinski definition) is 6. The molecule has 1 aromatic carbocycles. The van der Waals surface area contributed by atoms with Gasteiger partial charge in [0.15, 0.2) is 5.60 Å². The van der Waals surface area contributed by atoms with Crippen LogP contribution in [0.4, 0.5) is 0 Å². The number of ether oxygens (including phenoxy) is 1. The standard InChI is InChI=1S/C23H24N2O5Si/c1-5-23(29)16-9-18-19-14(10-25(18)21(27)15(16)11-30-22(23)28)20(31(2,3)4)13-8-12(26)6-7-17(13)24-19/h6-9,26,29H,5,10-11H2,1-4H3/t23-/m0/s1. The normalized spacial score (nSPS) is 19.7. The molecule has 31 heavy (non-hydrogen) atoms. The van der Waals surface area contributed by atoms with Gasteiger partial charge in [-0.1, -0.05) is 26.6 Å². The van der Waals surface area contributed by atoms with E-state index >= 15 is 0 Å². The number of rotatable bonds is 2. The van der Waals surface area contributed by atoms with Crippen LogP contribution in [0.25, 0.3) is 22.3 Å². The van der Waals surface area contributed by atoms with Crippen molar-refractivity contribution in [3.8, 4) is 17.1 Å². The highest BCUT2D eigenvalue weighted by atomic mass is 28.3. The van der Waals surface area contributed by atoms with Gasteiger partial charge in [0.1, 0.15) is 12.4 Å². The number of phenolic OH excluding ortho intramolecular Hbond substituents is 1. The molecule has 4 heterocycles. The van der Waals surface area contributed by atoms with E-state index in [9.17, 15) is 19.8 Å². The number of aromatic hydroxyl groups is 1. The van der Waals surface area contributed by atoms with Gasteiger partial charge in [0.25, 0.3) is 5.56 Å². The number of pyridine rings is 2. The van der Waals surface area contributed by atoms with E-state index < -0.39 is 19.6 Å². The summed E-state index contributed by atoms with van der Waals surface area (Å²) in [7, 11) is -1.91. The molecule has 0 radical (unpaired) electrons. The Kier molecular flexibility index (Phi) is 4.04. The van der Waals surface area contributed by atoms with Gasteiger partial charge in [-0.15, -0.1) is 0 Å². The maximum absolute atomic E-state index is 13.4. The zero-order valence-corrected chi connectivity index (χ0v) is 18.9. The molecule has 2 aromatic heterocycles. The molecule has 2 aliphatic rings. The number of cyclic esters (lactones) is 1. The van der Waals surface area contributed by atoms with Crippen LogP contribution in [0.3, 0.4) is 0 Å². The van der Waals surface area contributed by atoms with Crippen LogP contribution in [0.15, 0.2) is 29.1 Å². The van der Waals surface area contributed by atoms with Gasteiger partial charge in [-0.25, -0.2) is 9.78 Å². The average Bonchev–Trinajstić information content (AvgIpc) is 3.07. The highest BCUT2D eigenvalue weighted by Gasteiger charge is 2.45. The lowest BCUT2D eigenvalue weighted by atomic mass is 9.86. The Bertz CT molecular complexity index is 1360. The Balaban J connectivity index is 1.87. The van der Waals surface area contributed by atoms with Gasteiger partial charge in [0.05, 0.1) is 37.1 Å². The van der Waals surface area contributed by atoms with Crippen LogP contribution in [0.2, 0.25) is 19.6 Å². The number of aliphatic hydroxyl groups is 1. The summed E-state index contributed by atoms with van der Waals surface area (Å²) in [6.45, 7) is 8.60. The lowest BCUT2D eigenvalue weighted by Gasteiger charge is -2.31. The smallest absolute Gasteiger partial charge is 0.343 e. The molecule has 0 aliphatic carbocycles. The maximum atomic E-state index is 13.4. The predicted molar refractivity (Wildman–Crippen MR) is 119 cm³/mol. The van der Waals surface area contributed by atoms with E-state index in [2.05, 4.69) is 19.6 Å². The fourth-order valence-corrected chi connectivity index (χ4v) is 7.04. The van der Waals surface area contributed by atoms with Crippen molar-refractivity contribution in [2.45, 2.75) is 51.7 Å². The number of phenols is 1. The Morgan fingerprint density at radius 1 is 1.19 bits per heavy atom. The average molecular weight is 437 g/mol. The van der Waals surface area contributed by atoms with Gasteiger partial charge in [0, 0.05) is 10.9 Å². The Morgan fingerprint density at radius 2 is 1.94 bits per heavy atom. The topological polar surface area (TPSA) is 102 Å². The number of esters is 1. The summed E-state index contributed by atoms with van der Waals surface area (Å²) in [5.74, 6) is -0.546. The summed E-state index contributed by atoms with van der Waals surface area (Å²) < 4.78 is 6.80. The van der Waals surface area contributed by atoms with Gasteiger partial charge in [-0.3, -0.25) is 4.79 Å². The molecule has 0 saturated carbocycles. The Morgan fingerprint density at radius 3 is 2.61 bits per heavy atom. The van der Waals surface area contributed by atoms with E-state index in [1.807, 2.05) is 0 Å². The van der Waals surface area contributed by atoms with Gasteiger partial charge < -0.3 is 19.5 Å². The number of hydrogen-bond donors (Lipinski definition) is 2. The number of fused-ring (bicyclic) bond motifs is 5. The molecular formula is C23H24N2O5Si. The number of aromatic nitrogens is 2. The highest BCUT2D eigenvalue weighted by molar-refractivity contribution is 6.90. The molecule has 0 amide bonds. The minimum Gasteiger partial charge on any atom is -0.508 e. The SMILES string of the molecule is CC[C@@]1(O)C(=O)OCc2c1cc1n(c2=O)Cc2c-1nc1ccc(O)cc1c2[Si](C)(C)C. The molecule has 0 spiro atoms. The molecule has 2 N–H and O–H groups in total. The fraction of sp³-hybridized carbons (Fsp3) is 0.348. The summed E-state index contributed by atoms with van der Waals surface area (Å²) in [5, 5.41) is 23.2. The van der Waals surface area contributed by atoms with E-state index in [4.69, 9.17) is 9.72 Å². The monoisotopic (exact) mass is 436 g/mol. The van der Waals surface area contributed by atoms with Crippen molar-refractivity contribution in [2.75, 3.05) is 0 Å². The molecule has 0 saturated heterocycles. The Hall–Kier alpha value is -2.97. The van der Waals surface area contributed by atoms with Crippen LogP contribution in [0, 0.1) is 0 Å². The van der Waals surface area contributed by atoms with Crippen LogP contribution in [-0.2, 0) is 28.3 Å². The van der Waals surface area contributed by atoms with Crippen LogP contribution < -0.4 is 10.7 Å². The second-order valence-electron chi connectivity index (χ2n) is 9.37. The zero-order chi connectivity index (χ0) is 22.3. The first-order chi connectivity index (χ1) is 14.6. The molecule has 160 valence electrons. The van der Waals surface area contributed by atoms with Crippen molar-refractivity contribution in [3.05, 3.63) is 51.3 Å². The number of nitrogens with zero attached hydrogens (tertiary/aromatic N) is 2. The Labute approximate surface area is 179 Å². The van der Waals surface area contributed by atoms with Gasteiger partial charge >= 0.3 is 5.97 Å². The fourth-order valence-electron chi connectivity index (χ4n) is 4.92. The molecule has 5 rings (SSSR count). The molecule has 1 atom stereocenters. The van der Waals surface area contributed by atoms with Crippen LogP contribution in [0.1, 0.15) is 30.0 Å². The van der Waals surface area contributed by atoms with E-state index in [1.54, 1.807) is 35.8 Å². The second kappa shape index (κ2) is 6.27. The minimum atomic E-state index is -1.91. The molecule has 0 unspecified atom stereocenters. The van der Waals surface area contributed by atoms with Crippen molar-refractivity contribution in [1.29, 1.82) is 0 Å². The molecule has 7 nitrogen and oxygen atoms in total. The molecule has 8 heteroatoms. The number of benzene rings is 1. The van der Waals surface area contributed by atoms with Crippen LogP contribution in [-0.4, -0.2) is 33.8 Å². The highest BCUT2D eigenvalue weighted by Crippen LogP contribution is 2.39. The molecule has 0 fully saturated rings. The van der Waals surface area contributed by atoms with Gasteiger partial charge in [-0.2, -0.15) is 0 Å². The van der Waals surface area contributed by atoms with E-state index in [-0.39, 0.29) is 24.3 Å². The van der Waals surface area contributed by atoms with Gasteiger partial charge in [-0.05, 0) is 41.4 Å². The first-order valence-corrected chi connectivity index (χ1v) is 13.9. The third-order valence-corrected chi connectivity index (χ3v) is 8.49. The third kappa shape index (κ3) is 2.64. The van der Waals surface area contributed by atoms with Gasteiger partial charge in [0.2, 0.25) is 0 Å². The van der Waals surface area contributed by atoms with E-state index in [1.165, 1.54) is 0 Å². The first-order valence-electron chi connectivity index (χ1n) is 10.4. The molecule has 3 aromatic rings. The molecule has 0 bridgehead atoms. The number of carbonyl (C=O) groups is 1. The van der Waals surface area contributed by atoms with Crippen molar-refractivity contribution >= 4 is 30.1 Å². The summed E-state index contributed by atoms with van der Waals surface area (Å²) >= 11 is 0. The quantitative estimate of drug-likeness (QED) is 0.369.